The largest absolute Gasteiger partial charge is 0.493 e. The van der Waals surface area contributed by atoms with Crippen LogP contribution in [0, 0.1) is 18.7 Å². The quantitative estimate of drug-likeness (QED) is 0.275. The maximum atomic E-state index is 13.8. The lowest BCUT2D eigenvalue weighted by Gasteiger charge is -2.17. The summed E-state index contributed by atoms with van der Waals surface area (Å²) in [5.41, 5.74) is 3.72. The first kappa shape index (κ1) is 26.3. The Balaban J connectivity index is 0.00000363. The molecule has 1 unspecified atom stereocenters. The van der Waals surface area contributed by atoms with E-state index in [-0.39, 0.29) is 36.4 Å². The summed E-state index contributed by atoms with van der Waals surface area (Å²) in [4.78, 5) is 4.29. The first-order chi connectivity index (χ1) is 15.1. The standard InChI is InChI=1S/C24H32FN3O3.HI/c1-17-4-6-20(23(10-17)31-15-19-8-9-30-14-19)13-28-24(26-2)27-12-18-5-7-22(25)21(11-18)16-29-3;/h4-7,10-11,19H,8-9,12-16H2,1-3H3,(H2,26,27,28);1H. The second-order valence-electron chi connectivity index (χ2n) is 7.79. The highest BCUT2D eigenvalue weighted by atomic mass is 127. The highest BCUT2D eigenvalue weighted by Crippen LogP contribution is 2.22. The fourth-order valence-electron chi connectivity index (χ4n) is 3.45. The molecular weight excluding hydrogens is 524 g/mol. The number of hydrogen-bond acceptors (Lipinski definition) is 4. The number of halogens is 2. The molecule has 2 aromatic carbocycles. The van der Waals surface area contributed by atoms with Crippen LogP contribution in [0.4, 0.5) is 4.39 Å². The summed E-state index contributed by atoms with van der Waals surface area (Å²) in [7, 11) is 3.28. The molecule has 0 bridgehead atoms. The Morgan fingerprint density at radius 2 is 1.97 bits per heavy atom. The maximum absolute atomic E-state index is 13.8. The molecule has 8 heteroatoms. The minimum atomic E-state index is -0.260. The SMILES string of the molecule is CN=C(NCc1ccc(F)c(COC)c1)NCc1ccc(C)cc1OCC1CCOC1.I. The van der Waals surface area contributed by atoms with E-state index in [1.807, 2.05) is 0 Å². The molecule has 2 aromatic rings. The summed E-state index contributed by atoms with van der Waals surface area (Å²) in [6, 6.07) is 11.2. The summed E-state index contributed by atoms with van der Waals surface area (Å²) in [6.45, 7) is 5.66. The van der Waals surface area contributed by atoms with E-state index in [0.29, 0.717) is 37.1 Å². The van der Waals surface area contributed by atoms with Gasteiger partial charge in [0.15, 0.2) is 5.96 Å². The number of ether oxygens (including phenoxy) is 3. The van der Waals surface area contributed by atoms with Crippen LogP contribution in [-0.4, -0.2) is 39.9 Å². The van der Waals surface area contributed by atoms with Gasteiger partial charge in [0.2, 0.25) is 0 Å². The molecule has 3 rings (SSSR count). The third-order valence-electron chi connectivity index (χ3n) is 5.26. The number of guanidine groups is 1. The molecule has 1 atom stereocenters. The number of aryl methyl sites for hydroxylation is 1. The van der Waals surface area contributed by atoms with E-state index in [0.717, 1.165) is 42.1 Å². The predicted molar refractivity (Wildman–Crippen MR) is 135 cm³/mol. The van der Waals surface area contributed by atoms with Crippen molar-refractivity contribution >= 4 is 29.9 Å². The van der Waals surface area contributed by atoms with Crippen LogP contribution in [-0.2, 0) is 29.2 Å². The molecule has 1 aliphatic rings. The molecule has 0 amide bonds. The van der Waals surface area contributed by atoms with Crippen molar-refractivity contribution in [1.29, 1.82) is 0 Å². The van der Waals surface area contributed by atoms with Gasteiger partial charge < -0.3 is 24.8 Å². The van der Waals surface area contributed by atoms with Gasteiger partial charge in [-0.15, -0.1) is 24.0 Å². The summed E-state index contributed by atoms with van der Waals surface area (Å²) < 4.78 is 30.4. The third kappa shape index (κ3) is 7.90. The minimum absolute atomic E-state index is 0. The monoisotopic (exact) mass is 557 g/mol. The van der Waals surface area contributed by atoms with E-state index in [4.69, 9.17) is 14.2 Å². The highest BCUT2D eigenvalue weighted by molar-refractivity contribution is 14.0. The van der Waals surface area contributed by atoms with Gasteiger partial charge in [-0.05, 0) is 42.7 Å². The zero-order chi connectivity index (χ0) is 22.1. The molecule has 32 heavy (non-hydrogen) atoms. The van der Waals surface area contributed by atoms with Crippen molar-refractivity contribution in [2.45, 2.75) is 33.0 Å². The number of nitrogens with one attached hydrogen (secondary N) is 2. The van der Waals surface area contributed by atoms with E-state index < -0.39 is 0 Å². The van der Waals surface area contributed by atoms with Crippen LogP contribution in [0.1, 0.15) is 28.7 Å². The van der Waals surface area contributed by atoms with Gasteiger partial charge in [0.1, 0.15) is 11.6 Å². The molecule has 1 aliphatic heterocycles. The summed E-state index contributed by atoms with van der Waals surface area (Å²) in [6.07, 6.45) is 1.05. The van der Waals surface area contributed by atoms with Crippen LogP contribution in [0.2, 0.25) is 0 Å². The van der Waals surface area contributed by atoms with Crippen molar-refractivity contribution in [1.82, 2.24) is 10.6 Å². The van der Waals surface area contributed by atoms with E-state index in [9.17, 15) is 4.39 Å². The Morgan fingerprint density at radius 1 is 1.16 bits per heavy atom. The van der Waals surface area contributed by atoms with Crippen LogP contribution >= 0.6 is 24.0 Å². The lowest BCUT2D eigenvalue weighted by atomic mass is 10.1. The van der Waals surface area contributed by atoms with Crippen molar-refractivity contribution < 1.29 is 18.6 Å². The number of methoxy groups -OCH3 is 1. The normalized spacial score (nSPS) is 15.9. The van der Waals surface area contributed by atoms with E-state index in [1.165, 1.54) is 6.07 Å². The average molecular weight is 557 g/mol. The van der Waals surface area contributed by atoms with Gasteiger partial charge in [0.05, 0.1) is 19.8 Å². The molecular formula is C24H33FIN3O3. The molecule has 0 spiro atoms. The van der Waals surface area contributed by atoms with Gasteiger partial charge in [-0.2, -0.15) is 0 Å². The molecule has 0 saturated carbocycles. The predicted octanol–water partition coefficient (Wildman–Crippen LogP) is 4.18. The van der Waals surface area contributed by atoms with Crippen LogP contribution in [0.25, 0.3) is 0 Å². The third-order valence-corrected chi connectivity index (χ3v) is 5.26. The smallest absolute Gasteiger partial charge is 0.191 e. The van der Waals surface area contributed by atoms with E-state index in [2.05, 4.69) is 40.7 Å². The van der Waals surface area contributed by atoms with Crippen molar-refractivity contribution in [3.8, 4) is 5.75 Å². The van der Waals surface area contributed by atoms with Gasteiger partial charge in [-0.25, -0.2) is 4.39 Å². The number of benzene rings is 2. The molecule has 2 N–H and O–H groups in total. The summed E-state index contributed by atoms with van der Waals surface area (Å²) >= 11 is 0. The molecule has 0 aliphatic carbocycles. The lowest BCUT2D eigenvalue weighted by molar-refractivity contribution is 0.166. The fraction of sp³-hybridized carbons (Fsp3) is 0.458. The second-order valence-corrected chi connectivity index (χ2v) is 7.79. The molecule has 6 nitrogen and oxygen atoms in total. The van der Waals surface area contributed by atoms with Gasteiger partial charge in [-0.3, -0.25) is 4.99 Å². The Labute approximate surface area is 207 Å². The molecule has 0 radical (unpaired) electrons. The van der Waals surface area contributed by atoms with E-state index in [1.54, 1.807) is 26.3 Å². The number of nitrogens with zero attached hydrogens (tertiary/aromatic N) is 1. The highest BCUT2D eigenvalue weighted by Gasteiger charge is 2.17. The lowest BCUT2D eigenvalue weighted by Crippen LogP contribution is -2.36. The average Bonchev–Trinajstić information content (AvgIpc) is 3.29. The van der Waals surface area contributed by atoms with Crippen molar-refractivity contribution in [3.63, 3.8) is 0 Å². The van der Waals surface area contributed by atoms with Crippen LogP contribution in [0.5, 0.6) is 5.75 Å². The summed E-state index contributed by atoms with van der Waals surface area (Å²) in [5.74, 6) is 1.74. The van der Waals surface area contributed by atoms with Gasteiger partial charge in [0, 0.05) is 50.9 Å². The Hall–Kier alpha value is -1.91. The first-order valence-electron chi connectivity index (χ1n) is 10.6. The number of hydrogen-bond donors (Lipinski definition) is 2. The van der Waals surface area contributed by atoms with E-state index >= 15 is 0 Å². The molecule has 176 valence electrons. The van der Waals surface area contributed by atoms with Crippen molar-refractivity contribution in [3.05, 3.63) is 64.5 Å². The zero-order valence-corrected chi connectivity index (χ0v) is 21.3. The molecule has 0 aromatic heterocycles. The molecule has 1 heterocycles. The Kier molecular flexibility index (Phi) is 11.2. The molecule has 1 fully saturated rings. The summed E-state index contributed by atoms with van der Waals surface area (Å²) in [5, 5.41) is 6.60. The van der Waals surface area contributed by atoms with Crippen LogP contribution in [0.15, 0.2) is 41.4 Å². The number of aliphatic imine (C=N–C) groups is 1. The number of rotatable bonds is 9. The van der Waals surface area contributed by atoms with Crippen LogP contribution in [0.3, 0.4) is 0 Å². The second kappa shape index (κ2) is 13.6. The first-order valence-corrected chi connectivity index (χ1v) is 10.6. The van der Waals surface area contributed by atoms with Crippen LogP contribution < -0.4 is 15.4 Å². The molecule has 1 saturated heterocycles. The maximum Gasteiger partial charge on any atom is 0.191 e. The van der Waals surface area contributed by atoms with Crippen molar-refractivity contribution in [2.24, 2.45) is 10.9 Å². The topological polar surface area (TPSA) is 64.1 Å². The Morgan fingerprint density at radius 3 is 2.69 bits per heavy atom. The Bertz CT molecular complexity index is 889. The minimum Gasteiger partial charge on any atom is -0.493 e. The van der Waals surface area contributed by atoms with Gasteiger partial charge in [0.25, 0.3) is 0 Å². The fourth-order valence-corrected chi connectivity index (χ4v) is 3.45. The zero-order valence-electron chi connectivity index (χ0n) is 18.9. The van der Waals surface area contributed by atoms with Gasteiger partial charge >= 0.3 is 0 Å². The van der Waals surface area contributed by atoms with Gasteiger partial charge in [-0.1, -0.05) is 18.2 Å². The van der Waals surface area contributed by atoms with Crippen molar-refractivity contribution in [2.75, 3.05) is 34.0 Å².